The summed E-state index contributed by atoms with van der Waals surface area (Å²) in [6.07, 6.45) is 0.769. The first-order valence-electron chi connectivity index (χ1n) is 5.95. The molecule has 19 heavy (non-hydrogen) atoms. The van der Waals surface area contributed by atoms with Gasteiger partial charge in [-0.3, -0.25) is 24.2 Å². The predicted molar refractivity (Wildman–Crippen MR) is 66.1 cm³/mol. The van der Waals surface area contributed by atoms with E-state index in [-0.39, 0.29) is 26.2 Å². The molecule has 0 aromatic rings. The Morgan fingerprint density at radius 1 is 0.737 bits per heavy atom. The third-order valence-electron chi connectivity index (χ3n) is 2.35. The van der Waals surface area contributed by atoms with Gasteiger partial charge in [-0.25, -0.2) is 0 Å². The van der Waals surface area contributed by atoms with Gasteiger partial charge >= 0.3 is 17.9 Å². The molecule has 0 heterocycles. The summed E-state index contributed by atoms with van der Waals surface area (Å²) in [5.74, 6) is -3.18. The Morgan fingerprint density at radius 2 is 1.11 bits per heavy atom. The molecule has 8 heteroatoms. The summed E-state index contributed by atoms with van der Waals surface area (Å²) in [4.78, 5) is 34.7. The van der Waals surface area contributed by atoms with Crippen LogP contribution in [0.15, 0.2) is 0 Å². The van der Waals surface area contributed by atoms with Crippen molar-refractivity contribution in [3.8, 4) is 0 Å². The summed E-state index contributed by atoms with van der Waals surface area (Å²) in [7, 11) is 0. The Labute approximate surface area is 111 Å². The number of rotatable bonds is 11. The predicted octanol–water partition coefficient (Wildman–Crippen LogP) is -0.746. The fourth-order valence-corrected chi connectivity index (χ4v) is 1.66. The number of carbonyl (C=O) groups is 3. The van der Waals surface area contributed by atoms with Crippen molar-refractivity contribution in [1.29, 1.82) is 0 Å². The van der Waals surface area contributed by atoms with E-state index >= 15 is 0 Å². The number of aliphatic carboxylic acids is 3. The van der Waals surface area contributed by atoms with Gasteiger partial charge in [0.15, 0.2) is 0 Å². The normalized spacial score (nSPS) is 10.9. The number of carboxylic acid groups (broad SMARTS) is 3. The maximum absolute atomic E-state index is 10.6. The van der Waals surface area contributed by atoms with Crippen LogP contribution in [0.5, 0.6) is 0 Å². The smallest absolute Gasteiger partial charge is 0.317 e. The highest BCUT2D eigenvalue weighted by Gasteiger charge is 2.15. The Morgan fingerprint density at radius 3 is 1.47 bits per heavy atom. The van der Waals surface area contributed by atoms with E-state index in [1.165, 1.54) is 4.90 Å². The highest BCUT2D eigenvalue weighted by atomic mass is 16.4. The largest absolute Gasteiger partial charge is 0.480 e. The summed E-state index contributed by atoms with van der Waals surface area (Å²) in [5, 5.41) is 26.1. The number of hydrogen-bond donors (Lipinski definition) is 3. The fraction of sp³-hybridized carbons (Fsp3) is 0.727. The second-order valence-electron chi connectivity index (χ2n) is 4.17. The summed E-state index contributed by atoms with van der Waals surface area (Å²) in [6, 6.07) is 0. The van der Waals surface area contributed by atoms with E-state index in [4.69, 9.17) is 15.3 Å². The fourth-order valence-electron chi connectivity index (χ4n) is 1.66. The van der Waals surface area contributed by atoms with Gasteiger partial charge in [-0.2, -0.15) is 0 Å². The van der Waals surface area contributed by atoms with Crippen molar-refractivity contribution in [3.05, 3.63) is 0 Å². The summed E-state index contributed by atoms with van der Waals surface area (Å²) >= 11 is 0. The minimum Gasteiger partial charge on any atom is -0.480 e. The zero-order valence-electron chi connectivity index (χ0n) is 10.9. The van der Waals surface area contributed by atoms with Gasteiger partial charge in [0.1, 0.15) is 0 Å². The van der Waals surface area contributed by atoms with E-state index in [1.807, 2.05) is 6.92 Å². The standard InChI is InChI=1S/C11H20N2O6/c1-2-3-12(6-9(14)15)4-5-13(7-10(16)17)8-11(18)19/h2-8H2,1H3,(H,14,15)(H,16,17)(H,18,19). The molecular weight excluding hydrogens is 256 g/mol. The Bertz CT molecular complexity index is 304. The molecule has 0 spiro atoms. The van der Waals surface area contributed by atoms with Crippen LogP contribution in [0.3, 0.4) is 0 Å². The van der Waals surface area contributed by atoms with Crippen LogP contribution in [-0.4, -0.2) is 82.3 Å². The monoisotopic (exact) mass is 276 g/mol. The van der Waals surface area contributed by atoms with Crippen molar-refractivity contribution in [2.24, 2.45) is 0 Å². The maximum Gasteiger partial charge on any atom is 0.317 e. The van der Waals surface area contributed by atoms with E-state index in [1.54, 1.807) is 4.90 Å². The number of carboxylic acids is 3. The molecule has 0 unspecified atom stereocenters. The van der Waals surface area contributed by atoms with Gasteiger partial charge in [0.2, 0.25) is 0 Å². The first-order chi connectivity index (χ1) is 8.85. The van der Waals surface area contributed by atoms with E-state index < -0.39 is 17.9 Å². The zero-order chi connectivity index (χ0) is 14.8. The minimum atomic E-state index is -1.11. The molecule has 0 aliphatic heterocycles. The molecule has 0 aliphatic rings. The molecule has 0 saturated heterocycles. The van der Waals surface area contributed by atoms with Gasteiger partial charge in [0.05, 0.1) is 19.6 Å². The van der Waals surface area contributed by atoms with Gasteiger partial charge in [-0.1, -0.05) is 6.92 Å². The molecule has 0 radical (unpaired) electrons. The van der Waals surface area contributed by atoms with Crippen molar-refractivity contribution in [2.75, 3.05) is 39.3 Å². The van der Waals surface area contributed by atoms with Crippen LogP contribution in [0.4, 0.5) is 0 Å². The summed E-state index contributed by atoms with van der Waals surface area (Å²) < 4.78 is 0. The third kappa shape index (κ3) is 9.98. The maximum atomic E-state index is 10.6. The first kappa shape index (κ1) is 17.3. The van der Waals surface area contributed by atoms with Gasteiger partial charge in [-0.15, -0.1) is 0 Å². The highest BCUT2D eigenvalue weighted by molar-refractivity contribution is 5.72. The van der Waals surface area contributed by atoms with Crippen LogP contribution in [0.25, 0.3) is 0 Å². The number of nitrogens with zero attached hydrogens (tertiary/aromatic N) is 2. The molecule has 0 saturated carbocycles. The van der Waals surface area contributed by atoms with Gasteiger partial charge in [0.25, 0.3) is 0 Å². The Balaban J connectivity index is 4.34. The van der Waals surface area contributed by atoms with Crippen molar-refractivity contribution in [1.82, 2.24) is 9.80 Å². The lowest BCUT2D eigenvalue weighted by Crippen LogP contribution is -2.42. The lowest BCUT2D eigenvalue weighted by molar-refractivity contribution is -0.143. The molecular formula is C11H20N2O6. The Hall–Kier alpha value is -1.67. The molecule has 0 bridgehead atoms. The highest BCUT2D eigenvalue weighted by Crippen LogP contribution is 1.95. The van der Waals surface area contributed by atoms with E-state index in [9.17, 15) is 14.4 Å². The minimum absolute atomic E-state index is 0.137. The first-order valence-corrected chi connectivity index (χ1v) is 5.95. The van der Waals surface area contributed by atoms with Gasteiger partial charge in [0, 0.05) is 13.1 Å². The second kappa shape index (κ2) is 9.29. The molecule has 0 fully saturated rings. The molecule has 0 amide bonds. The quantitative estimate of drug-likeness (QED) is 0.451. The molecule has 0 aliphatic carbocycles. The number of hydrogen-bond acceptors (Lipinski definition) is 5. The average Bonchev–Trinajstić information content (AvgIpc) is 2.23. The lowest BCUT2D eigenvalue weighted by atomic mass is 10.3. The third-order valence-corrected chi connectivity index (χ3v) is 2.35. The topological polar surface area (TPSA) is 118 Å². The lowest BCUT2D eigenvalue weighted by Gasteiger charge is -2.24. The van der Waals surface area contributed by atoms with Crippen LogP contribution >= 0.6 is 0 Å². The average molecular weight is 276 g/mol. The van der Waals surface area contributed by atoms with Gasteiger partial charge in [-0.05, 0) is 13.0 Å². The van der Waals surface area contributed by atoms with E-state index in [0.717, 1.165) is 6.42 Å². The van der Waals surface area contributed by atoms with Crippen molar-refractivity contribution < 1.29 is 29.7 Å². The molecule has 0 aromatic heterocycles. The van der Waals surface area contributed by atoms with Crippen molar-refractivity contribution >= 4 is 17.9 Å². The van der Waals surface area contributed by atoms with Crippen LogP contribution < -0.4 is 0 Å². The molecule has 0 aromatic carbocycles. The summed E-state index contributed by atoms with van der Waals surface area (Å²) in [6.45, 7) is 2.11. The molecule has 3 N–H and O–H groups in total. The van der Waals surface area contributed by atoms with Crippen LogP contribution in [0.1, 0.15) is 13.3 Å². The van der Waals surface area contributed by atoms with Crippen LogP contribution in [0.2, 0.25) is 0 Å². The van der Waals surface area contributed by atoms with Crippen molar-refractivity contribution in [2.45, 2.75) is 13.3 Å². The Kier molecular flexibility index (Phi) is 8.47. The van der Waals surface area contributed by atoms with Crippen molar-refractivity contribution in [3.63, 3.8) is 0 Å². The molecule has 8 nitrogen and oxygen atoms in total. The van der Waals surface area contributed by atoms with E-state index in [0.29, 0.717) is 13.1 Å². The summed E-state index contributed by atoms with van der Waals surface area (Å²) in [5.41, 5.74) is 0. The molecule has 110 valence electrons. The van der Waals surface area contributed by atoms with Crippen LogP contribution in [-0.2, 0) is 14.4 Å². The molecule has 0 atom stereocenters. The molecule has 0 rings (SSSR count). The zero-order valence-corrected chi connectivity index (χ0v) is 10.9. The van der Waals surface area contributed by atoms with Crippen LogP contribution in [0, 0.1) is 0 Å². The van der Waals surface area contributed by atoms with Gasteiger partial charge < -0.3 is 15.3 Å². The van der Waals surface area contributed by atoms with E-state index in [2.05, 4.69) is 0 Å². The SMILES string of the molecule is CCCN(CCN(CC(=O)O)CC(=O)O)CC(=O)O. The second-order valence-corrected chi connectivity index (χ2v) is 4.17.